The monoisotopic (exact) mass is 652 g/mol. The van der Waals surface area contributed by atoms with Gasteiger partial charge in [-0.25, -0.2) is 9.38 Å². The first-order valence-corrected chi connectivity index (χ1v) is 13.6. The topological polar surface area (TPSA) is 51.1 Å². The van der Waals surface area contributed by atoms with Crippen LogP contribution in [0.25, 0.3) is 6.08 Å². The average molecular weight is 655 g/mol. The van der Waals surface area contributed by atoms with Crippen molar-refractivity contribution in [1.29, 1.82) is 0 Å². The summed E-state index contributed by atoms with van der Waals surface area (Å²) in [6.45, 7) is 2.42. The van der Waals surface area contributed by atoms with Gasteiger partial charge in [0.05, 0.1) is 22.7 Å². The van der Waals surface area contributed by atoms with Gasteiger partial charge >= 0.3 is 0 Å². The van der Waals surface area contributed by atoms with E-state index in [1.54, 1.807) is 47.4 Å². The maximum absolute atomic E-state index is 14.0. The van der Waals surface area contributed by atoms with Crippen LogP contribution in [0.5, 0.6) is 11.5 Å². The molecular weight excluding hydrogens is 635 g/mol. The van der Waals surface area contributed by atoms with E-state index in [-0.39, 0.29) is 18.3 Å². The Morgan fingerprint density at radius 2 is 1.89 bits per heavy atom. The molecule has 0 saturated carbocycles. The number of carbonyl (C=O) groups is 1. The molecule has 5 nitrogen and oxygen atoms in total. The van der Waals surface area contributed by atoms with Gasteiger partial charge < -0.3 is 9.47 Å². The van der Waals surface area contributed by atoms with Crippen LogP contribution in [0.15, 0.2) is 73.4 Å². The van der Waals surface area contributed by atoms with Crippen LogP contribution in [0.4, 0.5) is 10.1 Å². The molecule has 0 unspecified atom stereocenters. The number of hydrogen-bond donors (Lipinski definition) is 0. The van der Waals surface area contributed by atoms with Crippen molar-refractivity contribution in [3.8, 4) is 11.5 Å². The largest absolute Gasteiger partial charge is 0.493 e. The van der Waals surface area contributed by atoms with Crippen molar-refractivity contribution in [2.45, 2.75) is 13.5 Å². The summed E-state index contributed by atoms with van der Waals surface area (Å²) in [5.41, 5.74) is 1.82. The van der Waals surface area contributed by atoms with E-state index < -0.39 is 0 Å². The molecule has 3 aromatic carbocycles. The summed E-state index contributed by atoms with van der Waals surface area (Å²) in [4.78, 5) is 19.9. The summed E-state index contributed by atoms with van der Waals surface area (Å²) in [6, 6.07) is 15.3. The lowest BCUT2D eigenvalue weighted by Gasteiger charge is -2.13. The lowest BCUT2D eigenvalue weighted by atomic mass is 10.1. The van der Waals surface area contributed by atoms with Crippen molar-refractivity contribution in [2.24, 2.45) is 4.99 Å². The number of rotatable bonds is 7. The Kier molecular flexibility index (Phi) is 8.77. The van der Waals surface area contributed by atoms with E-state index in [0.717, 1.165) is 10.0 Å². The highest BCUT2D eigenvalue weighted by Gasteiger charge is 2.32. The molecule has 0 radical (unpaired) electrons. The molecular formula is C26H20Br2ClFN2O3S. The van der Waals surface area contributed by atoms with Crippen LogP contribution >= 0.6 is 55.2 Å². The Balaban J connectivity index is 1.61. The normalized spacial score (nSPS) is 15.7. The van der Waals surface area contributed by atoms with Crippen LogP contribution in [0.1, 0.15) is 18.1 Å². The van der Waals surface area contributed by atoms with Crippen LogP contribution in [-0.2, 0) is 11.4 Å². The molecule has 1 fully saturated rings. The molecule has 3 aromatic rings. The number of amidine groups is 1. The number of benzene rings is 3. The van der Waals surface area contributed by atoms with Gasteiger partial charge in [0.15, 0.2) is 16.7 Å². The minimum absolute atomic E-state index is 0.0512. The van der Waals surface area contributed by atoms with Gasteiger partial charge in [-0.2, -0.15) is 0 Å². The maximum Gasteiger partial charge on any atom is 0.266 e. The minimum Gasteiger partial charge on any atom is -0.493 e. The molecule has 1 amide bonds. The van der Waals surface area contributed by atoms with Crippen LogP contribution in [0, 0.1) is 5.82 Å². The number of methoxy groups -OCH3 is 1. The fourth-order valence-electron chi connectivity index (χ4n) is 3.38. The molecule has 0 N–H and O–H groups in total. The SMILES string of the molecule is CCN1C(=O)/C(=C\c2cc(OC)c(OCc3ccccc3F)cc2Br)SC1=Nc1ccc(Br)c(Cl)c1. The van der Waals surface area contributed by atoms with Gasteiger partial charge in [0.25, 0.3) is 5.91 Å². The van der Waals surface area contributed by atoms with Crippen molar-refractivity contribution in [3.63, 3.8) is 0 Å². The summed E-state index contributed by atoms with van der Waals surface area (Å²) in [7, 11) is 1.53. The molecule has 1 aliphatic heterocycles. The van der Waals surface area contributed by atoms with Crippen LogP contribution in [-0.4, -0.2) is 29.6 Å². The number of halogens is 4. The number of thioether (sulfide) groups is 1. The highest BCUT2D eigenvalue weighted by Crippen LogP contribution is 2.39. The first-order valence-electron chi connectivity index (χ1n) is 10.8. The Morgan fingerprint density at radius 3 is 2.58 bits per heavy atom. The Morgan fingerprint density at radius 1 is 1.11 bits per heavy atom. The first kappa shape index (κ1) is 26.7. The van der Waals surface area contributed by atoms with Gasteiger partial charge in [-0.15, -0.1) is 0 Å². The van der Waals surface area contributed by atoms with Crippen LogP contribution in [0.2, 0.25) is 5.02 Å². The molecule has 1 heterocycles. The van der Waals surface area contributed by atoms with Gasteiger partial charge in [-0.05, 0) is 82.7 Å². The van der Waals surface area contributed by atoms with Gasteiger partial charge in [0.2, 0.25) is 0 Å². The first-order chi connectivity index (χ1) is 17.3. The van der Waals surface area contributed by atoms with Gasteiger partial charge in [0.1, 0.15) is 12.4 Å². The summed E-state index contributed by atoms with van der Waals surface area (Å²) in [5.74, 6) is 0.430. The van der Waals surface area contributed by atoms with E-state index in [0.29, 0.717) is 48.9 Å². The predicted octanol–water partition coefficient (Wildman–Crippen LogP) is 8.22. The number of nitrogens with zero attached hydrogens (tertiary/aromatic N) is 2. The van der Waals surface area contributed by atoms with Crippen molar-refractivity contribution in [3.05, 3.63) is 90.4 Å². The Bertz CT molecular complexity index is 1380. The summed E-state index contributed by atoms with van der Waals surface area (Å²) < 4.78 is 26.8. The highest BCUT2D eigenvalue weighted by molar-refractivity contribution is 9.10. The highest BCUT2D eigenvalue weighted by atomic mass is 79.9. The molecule has 0 spiro atoms. The van der Waals surface area contributed by atoms with E-state index in [9.17, 15) is 9.18 Å². The number of amides is 1. The minimum atomic E-state index is -0.336. The van der Waals surface area contributed by atoms with Crippen LogP contribution in [0.3, 0.4) is 0 Å². The molecule has 10 heteroatoms. The molecule has 1 aliphatic rings. The van der Waals surface area contributed by atoms with Crippen molar-refractivity contribution >= 4 is 78.1 Å². The molecule has 0 aliphatic carbocycles. The number of hydrogen-bond acceptors (Lipinski definition) is 5. The molecule has 0 bridgehead atoms. The standard InChI is InChI=1S/C26H20Br2ClFN2O3S/c1-3-32-25(33)24(36-26(32)31-17-8-9-18(27)20(29)12-17)11-16-10-22(34-2)23(13-19(16)28)35-14-15-6-4-5-7-21(15)30/h4-13H,3,14H2,1-2H3/b24-11+,31-26?. The zero-order valence-corrected chi connectivity index (χ0v) is 24.0. The van der Waals surface area contributed by atoms with E-state index in [4.69, 9.17) is 21.1 Å². The number of likely N-dealkylation sites (N-methyl/N-ethyl adjacent to an activating group) is 1. The number of carbonyl (C=O) groups excluding carboxylic acids is 1. The second-order valence-corrected chi connectivity index (χ2v) is 10.7. The predicted molar refractivity (Wildman–Crippen MR) is 151 cm³/mol. The zero-order valence-electron chi connectivity index (χ0n) is 19.2. The van der Waals surface area contributed by atoms with Gasteiger partial charge in [-0.3, -0.25) is 9.69 Å². The Labute approximate surface area is 234 Å². The maximum atomic E-state index is 14.0. The second kappa shape index (κ2) is 11.8. The molecule has 0 aromatic heterocycles. The third-order valence-electron chi connectivity index (χ3n) is 5.24. The quantitative estimate of drug-likeness (QED) is 0.241. The fourth-order valence-corrected chi connectivity index (χ4v) is 5.29. The lowest BCUT2D eigenvalue weighted by Crippen LogP contribution is -2.28. The van der Waals surface area contributed by atoms with Gasteiger partial charge in [-0.1, -0.05) is 45.7 Å². The molecule has 4 rings (SSSR count). The van der Waals surface area contributed by atoms with Crippen molar-refractivity contribution in [2.75, 3.05) is 13.7 Å². The number of aliphatic imine (C=N–C) groups is 1. The van der Waals surface area contributed by atoms with E-state index >= 15 is 0 Å². The van der Waals surface area contributed by atoms with E-state index in [2.05, 4.69) is 36.9 Å². The number of ether oxygens (including phenoxy) is 2. The van der Waals surface area contributed by atoms with E-state index in [1.807, 2.05) is 19.1 Å². The third-order valence-corrected chi connectivity index (χ3v) is 8.17. The average Bonchev–Trinajstić information content (AvgIpc) is 3.15. The smallest absolute Gasteiger partial charge is 0.266 e. The fraction of sp³-hybridized carbons (Fsp3) is 0.154. The molecule has 186 valence electrons. The lowest BCUT2D eigenvalue weighted by molar-refractivity contribution is -0.122. The molecule has 0 atom stereocenters. The van der Waals surface area contributed by atoms with Crippen molar-refractivity contribution < 1.29 is 18.7 Å². The summed E-state index contributed by atoms with van der Waals surface area (Å²) in [6.07, 6.45) is 1.78. The van der Waals surface area contributed by atoms with Crippen LogP contribution < -0.4 is 9.47 Å². The second-order valence-electron chi connectivity index (χ2n) is 7.56. The van der Waals surface area contributed by atoms with Crippen molar-refractivity contribution in [1.82, 2.24) is 4.90 Å². The summed E-state index contributed by atoms with van der Waals surface area (Å²) in [5, 5.41) is 1.11. The molecule has 1 saturated heterocycles. The van der Waals surface area contributed by atoms with Gasteiger partial charge in [0, 0.05) is 21.1 Å². The molecule has 36 heavy (non-hydrogen) atoms. The zero-order chi connectivity index (χ0) is 25.8. The van der Waals surface area contributed by atoms with E-state index in [1.165, 1.54) is 24.9 Å². The summed E-state index contributed by atoms with van der Waals surface area (Å²) >= 11 is 14.4. The Hall–Kier alpha value is -2.33. The third kappa shape index (κ3) is 5.96.